The van der Waals surface area contributed by atoms with Gasteiger partial charge in [-0.3, -0.25) is 4.79 Å². The van der Waals surface area contributed by atoms with E-state index in [4.69, 9.17) is 0 Å². The maximum Gasteiger partial charge on any atom is 0.276 e. The second kappa shape index (κ2) is 6.36. The lowest BCUT2D eigenvalue weighted by Crippen LogP contribution is -2.47. The topological polar surface area (TPSA) is 63.1 Å². The third-order valence-electron chi connectivity index (χ3n) is 3.77. The molecular weight excluding hydrogens is 286 g/mol. The zero-order valence-corrected chi connectivity index (χ0v) is 12.8. The normalized spacial score (nSPS) is 18.9. The summed E-state index contributed by atoms with van der Waals surface area (Å²) in [6.45, 7) is 2.21. The Morgan fingerprint density at radius 3 is 3.24 bits per heavy atom. The highest BCUT2D eigenvalue weighted by Crippen LogP contribution is 2.14. The predicted octanol–water partition coefficient (Wildman–Crippen LogP) is 1.21. The van der Waals surface area contributed by atoms with Crippen molar-refractivity contribution < 1.29 is 4.79 Å². The van der Waals surface area contributed by atoms with Crippen molar-refractivity contribution in [3.8, 4) is 0 Å². The highest BCUT2D eigenvalue weighted by molar-refractivity contribution is 7.09. The predicted molar refractivity (Wildman–Crippen MR) is 81.4 cm³/mol. The highest BCUT2D eigenvalue weighted by atomic mass is 32.1. The molecule has 1 unspecified atom stereocenters. The van der Waals surface area contributed by atoms with Crippen molar-refractivity contribution in [1.82, 2.24) is 25.2 Å². The van der Waals surface area contributed by atoms with E-state index in [-0.39, 0.29) is 5.91 Å². The molecule has 0 aliphatic carbocycles. The number of nitrogens with one attached hydrogen (secondary N) is 1. The number of amides is 1. The Kier molecular flexibility index (Phi) is 4.31. The number of carbonyl (C=O) groups is 1. The molecule has 3 heterocycles. The van der Waals surface area contributed by atoms with Crippen molar-refractivity contribution in [2.75, 3.05) is 20.1 Å². The van der Waals surface area contributed by atoms with Gasteiger partial charge in [-0.2, -0.15) is 0 Å². The summed E-state index contributed by atoms with van der Waals surface area (Å²) in [6, 6.07) is 4.44. The number of thiophene rings is 1. The van der Waals surface area contributed by atoms with Gasteiger partial charge in [0, 0.05) is 24.0 Å². The van der Waals surface area contributed by atoms with Gasteiger partial charge < -0.3 is 10.2 Å². The third kappa shape index (κ3) is 3.30. The van der Waals surface area contributed by atoms with E-state index in [9.17, 15) is 4.79 Å². The maximum absolute atomic E-state index is 12.5. The molecule has 1 N–H and O–H groups in total. The molecule has 1 aliphatic heterocycles. The van der Waals surface area contributed by atoms with Gasteiger partial charge in [-0.15, -0.1) is 16.4 Å². The van der Waals surface area contributed by atoms with Crippen molar-refractivity contribution in [3.63, 3.8) is 0 Å². The Labute approximate surface area is 127 Å². The molecule has 7 heteroatoms. The average Bonchev–Trinajstić information content (AvgIpc) is 3.19. The number of aromatic nitrogens is 3. The lowest BCUT2D eigenvalue weighted by molar-refractivity contribution is 0.0692. The molecule has 0 bridgehead atoms. The number of hydrogen-bond donors (Lipinski definition) is 1. The molecule has 1 amide bonds. The minimum absolute atomic E-state index is 0.0209. The number of rotatable bonds is 4. The first kappa shape index (κ1) is 14.2. The SMILES string of the molecule is CNC1CCCN(C(=O)c2cn(Cc3cccs3)nn2)C1. The van der Waals surface area contributed by atoms with Gasteiger partial charge in [0.05, 0.1) is 12.7 Å². The van der Waals surface area contributed by atoms with E-state index in [1.54, 1.807) is 22.2 Å². The van der Waals surface area contributed by atoms with Gasteiger partial charge in [-0.05, 0) is 31.3 Å². The molecular formula is C14H19N5OS. The molecule has 0 spiro atoms. The van der Waals surface area contributed by atoms with Crippen LogP contribution in [0.3, 0.4) is 0 Å². The van der Waals surface area contributed by atoms with Crippen LogP contribution in [0.15, 0.2) is 23.7 Å². The van der Waals surface area contributed by atoms with E-state index >= 15 is 0 Å². The summed E-state index contributed by atoms with van der Waals surface area (Å²) in [6.07, 6.45) is 3.89. The average molecular weight is 305 g/mol. The fourth-order valence-electron chi connectivity index (χ4n) is 2.60. The first-order valence-electron chi connectivity index (χ1n) is 7.15. The molecule has 1 aliphatic rings. The van der Waals surface area contributed by atoms with Crippen molar-refractivity contribution in [2.24, 2.45) is 0 Å². The van der Waals surface area contributed by atoms with Gasteiger partial charge in [0.15, 0.2) is 5.69 Å². The van der Waals surface area contributed by atoms with Gasteiger partial charge in [0.1, 0.15) is 0 Å². The van der Waals surface area contributed by atoms with E-state index in [0.717, 1.165) is 25.9 Å². The summed E-state index contributed by atoms with van der Waals surface area (Å²) < 4.78 is 1.72. The Hall–Kier alpha value is -1.73. The molecule has 1 fully saturated rings. The minimum atomic E-state index is -0.0209. The molecule has 1 atom stereocenters. The fraction of sp³-hybridized carbons (Fsp3) is 0.500. The van der Waals surface area contributed by atoms with Gasteiger partial charge in [-0.1, -0.05) is 11.3 Å². The van der Waals surface area contributed by atoms with Crippen LogP contribution in [0.5, 0.6) is 0 Å². The Morgan fingerprint density at radius 2 is 2.48 bits per heavy atom. The lowest BCUT2D eigenvalue weighted by Gasteiger charge is -2.31. The van der Waals surface area contributed by atoms with E-state index in [1.807, 2.05) is 23.4 Å². The molecule has 2 aromatic rings. The van der Waals surface area contributed by atoms with Crippen LogP contribution in [0, 0.1) is 0 Å². The fourth-order valence-corrected chi connectivity index (χ4v) is 3.29. The van der Waals surface area contributed by atoms with Crippen LogP contribution >= 0.6 is 11.3 Å². The molecule has 0 radical (unpaired) electrons. The lowest BCUT2D eigenvalue weighted by atomic mass is 10.1. The Balaban J connectivity index is 1.66. The largest absolute Gasteiger partial charge is 0.336 e. The first-order valence-corrected chi connectivity index (χ1v) is 8.03. The molecule has 0 saturated carbocycles. The van der Waals surface area contributed by atoms with E-state index < -0.39 is 0 Å². The molecule has 2 aromatic heterocycles. The smallest absolute Gasteiger partial charge is 0.276 e. The van der Waals surface area contributed by atoms with Gasteiger partial charge >= 0.3 is 0 Å². The molecule has 0 aromatic carbocycles. The zero-order chi connectivity index (χ0) is 14.7. The third-order valence-corrected chi connectivity index (χ3v) is 4.63. The van der Waals surface area contributed by atoms with Gasteiger partial charge in [0.2, 0.25) is 0 Å². The van der Waals surface area contributed by atoms with E-state index in [1.165, 1.54) is 4.88 Å². The summed E-state index contributed by atoms with van der Waals surface area (Å²) in [5.41, 5.74) is 0.434. The maximum atomic E-state index is 12.5. The summed E-state index contributed by atoms with van der Waals surface area (Å²) in [5.74, 6) is -0.0209. The quantitative estimate of drug-likeness (QED) is 0.922. The zero-order valence-electron chi connectivity index (χ0n) is 12.0. The number of carbonyl (C=O) groups excluding carboxylic acids is 1. The van der Waals surface area contributed by atoms with Crippen molar-refractivity contribution in [1.29, 1.82) is 0 Å². The molecule has 3 rings (SSSR count). The first-order chi connectivity index (χ1) is 10.3. The van der Waals surface area contributed by atoms with Crippen LogP contribution < -0.4 is 5.32 Å². The number of hydrogen-bond acceptors (Lipinski definition) is 5. The number of piperidine rings is 1. The monoisotopic (exact) mass is 305 g/mol. The minimum Gasteiger partial charge on any atom is -0.336 e. The number of nitrogens with zero attached hydrogens (tertiary/aromatic N) is 4. The van der Waals surface area contributed by atoms with Crippen LogP contribution in [0.1, 0.15) is 28.2 Å². The van der Waals surface area contributed by atoms with Crippen LogP contribution in [0.4, 0.5) is 0 Å². The summed E-state index contributed by atoms with van der Waals surface area (Å²) in [4.78, 5) is 15.5. The van der Waals surface area contributed by atoms with Gasteiger partial charge in [0.25, 0.3) is 5.91 Å². The van der Waals surface area contributed by atoms with Crippen LogP contribution in [0.2, 0.25) is 0 Å². The van der Waals surface area contributed by atoms with Gasteiger partial charge in [-0.25, -0.2) is 4.68 Å². The van der Waals surface area contributed by atoms with Crippen molar-refractivity contribution in [3.05, 3.63) is 34.3 Å². The van der Waals surface area contributed by atoms with E-state index in [2.05, 4.69) is 21.7 Å². The second-order valence-electron chi connectivity index (χ2n) is 5.26. The molecule has 21 heavy (non-hydrogen) atoms. The standard InChI is InChI=1S/C14H19N5OS/c1-15-11-4-2-6-18(8-11)14(20)13-10-19(17-16-13)9-12-5-3-7-21-12/h3,5,7,10-11,15H,2,4,6,8-9H2,1H3. The van der Waals surface area contributed by atoms with Crippen LogP contribution in [-0.2, 0) is 6.54 Å². The summed E-state index contributed by atoms with van der Waals surface area (Å²) in [7, 11) is 1.94. The number of likely N-dealkylation sites (N-methyl/N-ethyl adjacent to an activating group) is 1. The molecule has 112 valence electrons. The number of likely N-dealkylation sites (tertiary alicyclic amines) is 1. The molecule has 1 saturated heterocycles. The van der Waals surface area contributed by atoms with Crippen molar-refractivity contribution in [2.45, 2.75) is 25.4 Å². The Morgan fingerprint density at radius 1 is 1.57 bits per heavy atom. The second-order valence-corrected chi connectivity index (χ2v) is 6.29. The van der Waals surface area contributed by atoms with Crippen molar-refractivity contribution >= 4 is 17.2 Å². The summed E-state index contributed by atoms with van der Waals surface area (Å²) >= 11 is 1.67. The molecule has 6 nitrogen and oxygen atoms in total. The summed E-state index contributed by atoms with van der Waals surface area (Å²) in [5, 5.41) is 13.4. The van der Waals surface area contributed by atoms with Crippen LogP contribution in [0.25, 0.3) is 0 Å². The van der Waals surface area contributed by atoms with E-state index in [0.29, 0.717) is 18.3 Å². The highest BCUT2D eigenvalue weighted by Gasteiger charge is 2.25. The van der Waals surface area contributed by atoms with Crippen LogP contribution in [-0.4, -0.2) is 52.0 Å². The Bertz CT molecular complexity index is 594.